The summed E-state index contributed by atoms with van der Waals surface area (Å²) in [4.78, 5) is 27.3. The van der Waals surface area contributed by atoms with Gasteiger partial charge in [-0.25, -0.2) is 4.98 Å². The van der Waals surface area contributed by atoms with Gasteiger partial charge in [-0.15, -0.1) is 0 Å². The molecular weight excluding hydrogens is 421 g/mol. The third-order valence-corrected chi connectivity index (χ3v) is 5.14. The largest absolute Gasteiger partial charge is 0.417 e. The van der Waals surface area contributed by atoms with Crippen LogP contribution in [0.3, 0.4) is 0 Å². The molecule has 0 saturated heterocycles. The van der Waals surface area contributed by atoms with E-state index in [0.29, 0.717) is 0 Å². The predicted octanol–water partition coefficient (Wildman–Crippen LogP) is 4.60. The number of imidazole rings is 1. The number of hydrogen-bond donors (Lipinski definition) is 0. The van der Waals surface area contributed by atoms with Gasteiger partial charge in [-0.1, -0.05) is 11.8 Å². The van der Waals surface area contributed by atoms with Crippen LogP contribution in [0.15, 0.2) is 58.6 Å². The molecule has 1 aromatic heterocycles. The fourth-order valence-electron chi connectivity index (χ4n) is 2.65. The minimum absolute atomic E-state index is 0.0242. The van der Waals surface area contributed by atoms with Gasteiger partial charge in [0, 0.05) is 36.0 Å². The zero-order valence-electron chi connectivity index (χ0n) is 15.2. The monoisotopic (exact) mass is 432 g/mol. The molecular formula is C19H11F3N4O3S. The van der Waals surface area contributed by atoms with E-state index in [4.69, 9.17) is 5.26 Å². The number of ketones is 1. The number of carbonyl (C=O) groups excluding carboxylic acids is 1. The lowest BCUT2D eigenvalue weighted by molar-refractivity contribution is -0.387. The van der Waals surface area contributed by atoms with Crippen molar-refractivity contribution in [2.45, 2.75) is 16.0 Å². The average molecular weight is 432 g/mol. The molecule has 1 heterocycles. The predicted molar refractivity (Wildman–Crippen MR) is 100 cm³/mol. The topological polar surface area (TPSA) is 102 Å². The van der Waals surface area contributed by atoms with Crippen LogP contribution in [0.4, 0.5) is 18.9 Å². The quantitative estimate of drug-likeness (QED) is 0.332. The van der Waals surface area contributed by atoms with Crippen molar-refractivity contribution >= 4 is 23.2 Å². The molecule has 0 radical (unpaired) electrons. The summed E-state index contributed by atoms with van der Waals surface area (Å²) < 4.78 is 40.9. The molecule has 3 aromatic rings. The molecule has 0 atom stereocenters. The average Bonchev–Trinajstić information content (AvgIpc) is 3.12. The number of nitriles is 1. The van der Waals surface area contributed by atoms with E-state index in [1.54, 1.807) is 13.2 Å². The Bertz CT molecular complexity index is 1200. The summed E-state index contributed by atoms with van der Waals surface area (Å²) in [6.45, 7) is 0. The molecule has 0 amide bonds. The molecule has 0 fully saturated rings. The van der Waals surface area contributed by atoms with E-state index in [2.05, 4.69) is 4.98 Å². The summed E-state index contributed by atoms with van der Waals surface area (Å²) in [5.41, 5.74) is -2.08. The van der Waals surface area contributed by atoms with Crippen molar-refractivity contribution in [1.29, 1.82) is 5.26 Å². The van der Waals surface area contributed by atoms with Crippen LogP contribution in [0.25, 0.3) is 0 Å². The number of benzene rings is 2. The molecule has 0 aliphatic heterocycles. The van der Waals surface area contributed by atoms with Crippen molar-refractivity contribution in [3.8, 4) is 6.07 Å². The molecule has 7 nitrogen and oxygen atoms in total. The molecule has 152 valence electrons. The number of aryl methyl sites for hydroxylation is 1. The Morgan fingerprint density at radius 3 is 2.57 bits per heavy atom. The van der Waals surface area contributed by atoms with E-state index < -0.39 is 33.7 Å². The highest BCUT2D eigenvalue weighted by Crippen LogP contribution is 2.39. The Hall–Kier alpha value is -3.65. The van der Waals surface area contributed by atoms with E-state index in [1.807, 2.05) is 0 Å². The van der Waals surface area contributed by atoms with Crippen LogP contribution >= 0.6 is 11.8 Å². The lowest BCUT2D eigenvalue weighted by Gasteiger charge is -2.11. The number of nitro groups is 1. The first-order chi connectivity index (χ1) is 14.1. The number of alkyl halides is 3. The number of rotatable bonds is 5. The van der Waals surface area contributed by atoms with Gasteiger partial charge in [0.1, 0.15) is 0 Å². The molecule has 0 aliphatic carbocycles. The Morgan fingerprint density at radius 1 is 1.27 bits per heavy atom. The molecule has 2 aromatic carbocycles. The number of hydrogen-bond acceptors (Lipinski definition) is 6. The highest BCUT2D eigenvalue weighted by atomic mass is 32.2. The minimum atomic E-state index is -4.74. The standard InChI is InChI=1S/C19H11F3N4O3S/c1-25-7-6-24-18(25)17(27)11-3-5-16(15(8-11)26(28)29)30-13-4-2-12(10-23)14(9-13)19(20,21)22/h2-9H,1H3. The van der Waals surface area contributed by atoms with Crippen LogP contribution in [0.2, 0.25) is 0 Å². The SMILES string of the molecule is Cn1ccnc1C(=O)c1ccc(Sc2ccc(C#N)c(C(F)(F)F)c2)c([N+](=O)[O-])c1. The summed E-state index contributed by atoms with van der Waals surface area (Å²) in [6, 6.07) is 8.23. The number of halogens is 3. The van der Waals surface area contributed by atoms with Gasteiger partial charge in [0.05, 0.1) is 27.0 Å². The maximum Gasteiger partial charge on any atom is 0.417 e. The molecule has 0 aliphatic rings. The number of nitro benzene ring substituents is 1. The Kier molecular flexibility index (Phi) is 5.62. The highest BCUT2D eigenvalue weighted by Gasteiger charge is 2.34. The van der Waals surface area contributed by atoms with E-state index >= 15 is 0 Å². The van der Waals surface area contributed by atoms with Gasteiger partial charge in [-0.3, -0.25) is 14.9 Å². The maximum absolute atomic E-state index is 13.2. The van der Waals surface area contributed by atoms with E-state index in [-0.39, 0.29) is 21.2 Å². The molecule has 0 spiro atoms. The maximum atomic E-state index is 13.2. The van der Waals surface area contributed by atoms with Gasteiger partial charge in [0.2, 0.25) is 5.78 Å². The van der Waals surface area contributed by atoms with Crippen LogP contribution in [-0.4, -0.2) is 20.3 Å². The Labute approximate surface area is 171 Å². The van der Waals surface area contributed by atoms with Gasteiger partial charge >= 0.3 is 6.18 Å². The Balaban J connectivity index is 2.00. The second-order valence-corrected chi connectivity index (χ2v) is 7.16. The van der Waals surface area contributed by atoms with Gasteiger partial charge in [0.15, 0.2) is 5.82 Å². The summed E-state index contributed by atoms with van der Waals surface area (Å²) >= 11 is 0.730. The summed E-state index contributed by atoms with van der Waals surface area (Å²) in [5.74, 6) is -0.438. The zero-order chi connectivity index (χ0) is 22.1. The fraction of sp³-hybridized carbons (Fsp3) is 0.105. The van der Waals surface area contributed by atoms with Crippen LogP contribution < -0.4 is 0 Å². The number of nitrogens with zero attached hydrogens (tertiary/aromatic N) is 4. The smallest absolute Gasteiger partial charge is 0.331 e. The van der Waals surface area contributed by atoms with Crippen LogP contribution in [0, 0.1) is 21.4 Å². The van der Waals surface area contributed by atoms with Crippen LogP contribution in [0.5, 0.6) is 0 Å². The summed E-state index contributed by atoms with van der Waals surface area (Å²) in [7, 11) is 1.60. The third-order valence-electron chi connectivity index (χ3n) is 4.09. The number of aromatic nitrogens is 2. The van der Waals surface area contributed by atoms with Crippen molar-refractivity contribution in [2.75, 3.05) is 0 Å². The molecule has 0 N–H and O–H groups in total. The lowest BCUT2D eigenvalue weighted by Crippen LogP contribution is -2.09. The second-order valence-electron chi connectivity index (χ2n) is 6.05. The lowest BCUT2D eigenvalue weighted by atomic mass is 10.1. The molecule has 30 heavy (non-hydrogen) atoms. The van der Waals surface area contributed by atoms with Crippen molar-refractivity contribution in [2.24, 2.45) is 7.05 Å². The van der Waals surface area contributed by atoms with E-state index in [1.165, 1.54) is 35.0 Å². The molecule has 11 heteroatoms. The molecule has 3 rings (SSSR count). The van der Waals surface area contributed by atoms with Crippen molar-refractivity contribution in [3.05, 3.63) is 81.4 Å². The third kappa shape index (κ3) is 4.18. The zero-order valence-corrected chi connectivity index (χ0v) is 16.0. The second kappa shape index (κ2) is 8.00. The van der Waals surface area contributed by atoms with Gasteiger partial charge in [-0.05, 0) is 30.3 Å². The van der Waals surface area contributed by atoms with Gasteiger partial charge in [-0.2, -0.15) is 18.4 Å². The van der Waals surface area contributed by atoms with Crippen LogP contribution in [0.1, 0.15) is 27.3 Å². The normalized spacial score (nSPS) is 11.2. The highest BCUT2D eigenvalue weighted by molar-refractivity contribution is 7.99. The minimum Gasteiger partial charge on any atom is -0.331 e. The van der Waals surface area contributed by atoms with Crippen molar-refractivity contribution < 1.29 is 22.9 Å². The van der Waals surface area contributed by atoms with Gasteiger partial charge in [0.25, 0.3) is 5.69 Å². The van der Waals surface area contributed by atoms with Crippen LogP contribution in [-0.2, 0) is 13.2 Å². The first-order valence-electron chi connectivity index (χ1n) is 8.21. The van der Waals surface area contributed by atoms with E-state index in [0.717, 1.165) is 30.0 Å². The van der Waals surface area contributed by atoms with Crippen molar-refractivity contribution in [1.82, 2.24) is 9.55 Å². The number of carbonyl (C=O) groups is 1. The van der Waals surface area contributed by atoms with Gasteiger partial charge < -0.3 is 4.57 Å². The summed E-state index contributed by atoms with van der Waals surface area (Å²) in [5, 5.41) is 20.4. The van der Waals surface area contributed by atoms with E-state index in [9.17, 15) is 28.1 Å². The molecule has 0 unspecified atom stereocenters. The molecule has 0 bridgehead atoms. The molecule has 0 saturated carbocycles. The van der Waals surface area contributed by atoms with Crippen molar-refractivity contribution in [3.63, 3.8) is 0 Å². The summed E-state index contributed by atoms with van der Waals surface area (Å²) in [6.07, 6.45) is -1.78. The first-order valence-corrected chi connectivity index (χ1v) is 9.03. The first kappa shape index (κ1) is 21.1. The Morgan fingerprint density at radius 2 is 2.00 bits per heavy atom. The fourth-order valence-corrected chi connectivity index (χ4v) is 3.59.